The lowest BCUT2D eigenvalue weighted by Crippen LogP contribution is -2.09. The molecule has 0 bridgehead atoms. The molecular formula is C9H12N6O2. The number of aryl methyl sites for hydroxylation is 2. The fraction of sp³-hybridized carbons (Fsp3) is 0.333. The minimum absolute atomic E-state index is 0.0636. The fourth-order valence-corrected chi connectivity index (χ4v) is 1.63. The van der Waals surface area contributed by atoms with Crippen LogP contribution in [0.1, 0.15) is 11.4 Å². The Morgan fingerprint density at radius 3 is 2.76 bits per heavy atom. The summed E-state index contributed by atoms with van der Waals surface area (Å²) >= 11 is 0. The van der Waals surface area contributed by atoms with Gasteiger partial charge in [-0.2, -0.15) is 5.10 Å². The number of imidazole rings is 1. The molecule has 2 N–H and O–H groups in total. The second-order valence-corrected chi connectivity index (χ2v) is 3.73. The van der Waals surface area contributed by atoms with Crippen molar-refractivity contribution < 1.29 is 4.92 Å². The second kappa shape index (κ2) is 3.89. The zero-order chi connectivity index (χ0) is 12.6. The lowest BCUT2D eigenvalue weighted by atomic mass is 10.4. The number of nitro groups is 1. The fourth-order valence-electron chi connectivity index (χ4n) is 1.63. The lowest BCUT2D eigenvalue weighted by molar-refractivity contribution is -0.384. The molecule has 0 saturated carbocycles. The van der Waals surface area contributed by atoms with Crippen LogP contribution in [0.25, 0.3) is 0 Å². The maximum Gasteiger partial charge on any atom is 0.333 e. The van der Waals surface area contributed by atoms with Crippen molar-refractivity contribution in [3.8, 4) is 0 Å². The van der Waals surface area contributed by atoms with E-state index in [0.717, 1.165) is 5.69 Å². The molecule has 2 aromatic heterocycles. The number of nitrogens with zero attached hydrogens (tertiary/aromatic N) is 5. The average Bonchev–Trinajstić information content (AvgIpc) is 2.73. The molecular weight excluding hydrogens is 224 g/mol. The molecule has 0 fully saturated rings. The smallest absolute Gasteiger partial charge is 0.333 e. The monoisotopic (exact) mass is 236 g/mol. The van der Waals surface area contributed by atoms with Crippen LogP contribution in [0.2, 0.25) is 0 Å². The highest BCUT2D eigenvalue weighted by atomic mass is 16.6. The maximum atomic E-state index is 10.8. The predicted octanol–water partition coefficient (Wildman–Crippen LogP) is 0.464. The van der Waals surface area contributed by atoms with Gasteiger partial charge in [0.1, 0.15) is 5.69 Å². The van der Waals surface area contributed by atoms with Crippen LogP contribution in [0, 0.1) is 17.0 Å². The van der Waals surface area contributed by atoms with Crippen LogP contribution in [0.5, 0.6) is 0 Å². The van der Waals surface area contributed by atoms with E-state index in [1.54, 1.807) is 19.4 Å². The first-order valence-electron chi connectivity index (χ1n) is 4.93. The number of hydrogen-bond acceptors (Lipinski definition) is 5. The van der Waals surface area contributed by atoms with E-state index in [9.17, 15) is 10.1 Å². The highest BCUT2D eigenvalue weighted by Gasteiger charge is 2.23. The van der Waals surface area contributed by atoms with Crippen molar-refractivity contribution in [1.29, 1.82) is 0 Å². The number of hydrogen-bond donors (Lipinski definition) is 1. The van der Waals surface area contributed by atoms with Gasteiger partial charge in [0.2, 0.25) is 5.82 Å². The van der Waals surface area contributed by atoms with E-state index in [-0.39, 0.29) is 11.5 Å². The number of aromatic nitrogens is 4. The van der Waals surface area contributed by atoms with Crippen molar-refractivity contribution in [2.75, 3.05) is 5.73 Å². The topological polar surface area (TPSA) is 105 Å². The van der Waals surface area contributed by atoms with Crippen LogP contribution in [0.4, 0.5) is 11.5 Å². The standard InChI is InChI=1S/C9H12N6O2/c1-6-8(15(16)17)9(10)14(12-6)4-7-3-11-5-13(7)2/h3,5H,4,10H2,1-2H3. The van der Waals surface area contributed by atoms with Gasteiger partial charge >= 0.3 is 5.69 Å². The number of anilines is 1. The number of nitrogen functional groups attached to an aromatic ring is 1. The Balaban J connectivity index is 2.38. The minimum Gasteiger partial charge on any atom is -0.378 e. The molecule has 90 valence electrons. The highest BCUT2D eigenvalue weighted by Crippen LogP contribution is 2.25. The molecule has 0 radical (unpaired) electrons. The molecule has 0 atom stereocenters. The van der Waals surface area contributed by atoms with Crippen molar-refractivity contribution in [3.05, 3.63) is 34.0 Å². The van der Waals surface area contributed by atoms with Crippen LogP contribution < -0.4 is 5.73 Å². The predicted molar refractivity (Wildman–Crippen MR) is 60.3 cm³/mol. The molecule has 0 aliphatic heterocycles. The van der Waals surface area contributed by atoms with Crippen molar-refractivity contribution in [3.63, 3.8) is 0 Å². The summed E-state index contributed by atoms with van der Waals surface area (Å²) in [4.78, 5) is 14.2. The Morgan fingerprint density at radius 2 is 2.29 bits per heavy atom. The van der Waals surface area contributed by atoms with Crippen molar-refractivity contribution in [2.24, 2.45) is 7.05 Å². The third kappa shape index (κ3) is 1.84. The molecule has 0 unspecified atom stereocenters. The van der Waals surface area contributed by atoms with Gasteiger partial charge in [0.15, 0.2) is 0 Å². The van der Waals surface area contributed by atoms with E-state index < -0.39 is 4.92 Å². The normalized spacial score (nSPS) is 10.7. The molecule has 2 heterocycles. The second-order valence-electron chi connectivity index (χ2n) is 3.73. The van der Waals surface area contributed by atoms with E-state index >= 15 is 0 Å². The molecule has 0 amide bonds. The summed E-state index contributed by atoms with van der Waals surface area (Å²) in [5, 5.41) is 14.8. The lowest BCUT2D eigenvalue weighted by Gasteiger charge is -2.03. The summed E-state index contributed by atoms with van der Waals surface area (Å²) in [5.74, 6) is 0.0636. The summed E-state index contributed by atoms with van der Waals surface area (Å²) in [5.41, 5.74) is 6.75. The Kier molecular flexibility index (Phi) is 2.54. The summed E-state index contributed by atoms with van der Waals surface area (Å²) < 4.78 is 3.22. The Bertz CT molecular complexity index is 570. The van der Waals surface area contributed by atoms with Crippen LogP contribution in [0.15, 0.2) is 12.5 Å². The van der Waals surface area contributed by atoms with Crippen molar-refractivity contribution in [2.45, 2.75) is 13.5 Å². The third-order valence-electron chi connectivity index (χ3n) is 2.54. The molecule has 0 aliphatic rings. The quantitative estimate of drug-likeness (QED) is 0.615. The molecule has 2 rings (SSSR count). The van der Waals surface area contributed by atoms with Gasteiger partial charge in [0.05, 0.1) is 29.7 Å². The maximum absolute atomic E-state index is 10.8. The van der Waals surface area contributed by atoms with Gasteiger partial charge in [-0.15, -0.1) is 0 Å². The van der Waals surface area contributed by atoms with E-state index in [1.165, 1.54) is 4.68 Å². The van der Waals surface area contributed by atoms with Gasteiger partial charge in [-0.25, -0.2) is 9.67 Å². The average molecular weight is 236 g/mol. The number of rotatable bonds is 3. The molecule has 8 heteroatoms. The zero-order valence-electron chi connectivity index (χ0n) is 9.49. The molecule has 0 aliphatic carbocycles. The van der Waals surface area contributed by atoms with E-state index in [4.69, 9.17) is 5.73 Å². The van der Waals surface area contributed by atoms with Gasteiger partial charge in [0, 0.05) is 7.05 Å². The van der Waals surface area contributed by atoms with E-state index in [0.29, 0.717) is 12.2 Å². The van der Waals surface area contributed by atoms with Crippen molar-refractivity contribution >= 4 is 11.5 Å². The summed E-state index contributed by atoms with van der Waals surface area (Å²) in [6.45, 7) is 1.92. The summed E-state index contributed by atoms with van der Waals surface area (Å²) in [6.07, 6.45) is 3.32. The molecule has 0 aromatic carbocycles. The van der Waals surface area contributed by atoms with E-state index in [2.05, 4.69) is 10.1 Å². The van der Waals surface area contributed by atoms with Gasteiger partial charge in [-0.05, 0) is 6.92 Å². The van der Waals surface area contributed by atoms with Gasteiger partial charge < -0.3 is 10.3 Å². The Morgan fingerprint density at radius 1 is 1.59 bits per heavy atom. The van der Waals surface area contributed by atoms with Crippen LogP contribution in [-0.2, 0) is 13.6 Å². The number of nitrogens with two attached hydrogens (primary N) is 1. The highest BCUT2D eigenvalue weighted by molar-refractivity contribution is 5.56. The van der Waals surface area contributed by atoms with Gasteiger partial charge in [0.25, 0.3) is 0 Å². The van der Waals surface area contributed by atoms with Crippen LogP contribution >= 0.6 is 0 Å². The Hall–Kier alpha value is -2.38. The molecule has 0 saturated heterocycles. The minimum atomic E-state index is -0.516. The van der Waals surface area contributed by atoms with Crippen molar-refractivity contribution in [1.82, 2.24) is 19.3 Å². The van der Waals surface area contributed by atoms with Crippen LogP contribution in [0.3, 0.4) is 0 Å². The van der Waals surface area contributed by atoms with Crippen LogP contribution in [-0.4, -0.2) is 24.3 Å². The van der Waals surface area contributed by atoms with E-state index in [1.807, 2.05) is 11.6 Å². The largest absolute Gasteiger partial charge is 0.378 e. The Labute approximate surface area is 96.8 Å². The molecule has 8 nitrogen and oxygen atoms in total. The summed E-state index contributed by atoms with van der Waals surface area (Å²) in [6, 6.07) is 0. The first-order valence-corrected chi connectivity index (χ1v) is 4.93. The molecule has 0 spiro atoms. The summed E-state index contributed by atoms with van der Waals surface area (Å²) in [7, 11) is 1.84. The third-order valence-corrected chi connectivity index (χ3v) is 2.54. The molecule has 17 heavy (non-hydrogen) atoms. The zero-order valence-corrected chi connectivity index (χ0v) is 9.49. The first kappa shape index (κ1) is 11.1. The SMILES string of the molecule is Cc1nn(Cc2cncn2C)c(N)c1[N+](=O)[O-]. The first-order chi connectivity index (χ1) is 8.00. The molecule has 2 aromatic rings. The van der Waals surface area contributed by atoms with Gasteiger partial charge in [-0.3, -0.25) is 10.1 Å². The van der Waals surface area contributed by atoms with Gasteiger partial charge in [-0.1, -0.05) is 0 Å².